The molecular formula is C17H19N2O. The molecule has 0 saturated carbocycles. The van der Waals surface area contributed by atoms with Crippen LogP contribution in [0.15, 0.2) is 42.6 Å². The number of likely N-dealkylation sites (tertiary alicyclic amines) is 1. The smallest absolute Gasteiger partial charge is 0.119 e. The summed E-state index contributed by atoms with van der Waals surface area (Å²) in [5.74, 6) is 0.926. The Balaban J connectivity index is 1.53. The molecule has 1 aliphatic rings. The van der Waals surface area contributed by atoms with Crippen LogP contribution in [0.5, 0.6) is 5.75 Å². The highest BCUT2D eigenvalue weighted by Crippen LogP contribution is 2.20. The second kappa shape index (κ2) is 6.53. The maximum Gasteiger partial charge on any atom is 0.119 e. The van der Waals surface area contributed by atoms with Crippen LogP contribution in [-0.4, -0.2) is 36.1 Å². The van der Waals surface area contributed by atoms with Crippen molar-refractivity contribution in [3.63, 3.8) is 0 Å². The van der Waals surface area contributed by atoms with Gasteiger partial charge in [-0.1, -0.05) is 6.07 Å². The second-order valence-corrected chi connectivity index (χ2v) is 5.07. The molecule has 3 nitrogen and oxygen atoms in total. The van der Waals surface area contributed by atoms with Crippen molar-refractivity contribution in [2.24, 2.45) is 0 Å². The van der Waals surface area contributed by atoms with Crippen molar-refractivity contribution in [3.05, 3.63) is 48.7 Å². The highest BCUT2D eigenvalue weighted by atomic mass is 16.5. The SMILES string of the molecule is [c]1ccc(-c2ccc(OCCN3CCCC3)cc2)nc1. The van der Waals surface area contributed by atoms with E-state index in [2.05, 4.69) is 16.0 Å². The molecule has 0 N–H and O–H groups in total. The number of hydrogen-bond donors (Lipinski definition) is 0. The third kappa shape index (κ3) is 3.36. The lowest BCUT2D eigenvalue weighted by Crippen LogP contribution is -2.25. The summed E-state index contributed by atoms with van der Waals surface area (Å²) in [6.07, 6.45) is 4.35. The van der Waals surface area contributed by atoms with Crippen molar-refractivity contribution >= 4 is 0 Å². The van der Waals surface area contributed by atoms with Crippen LogP contribution in [0, 0.1) is 6.07 Å². The molecule has 0 amide bonds. The molecule has 1 aromatic carbocycles. The first-order valence-electron chi connectivity index (χ1n) is 7.19. The van der Waals surface area contributed by atoms with Crippen LogP contribution in [0.1, 0.15) is 12.8 Å². The van der Waals surface area contributed by atoms with Crippen molar-refractivity contribution in [1.29, 1.82) is 0 Å². The molecule has 1 aromatic heterocycles. The van der Waals surface area contributed by atoms with Crippen LogP contribution in [0.2, 0.25) is 0 Å². The summed E-state index contributed by atoms with van der Waals surface area (Å²) in [5.41, 5.74) is 2.07. The number of hydrogen-bond acceptors (Lipinski definition) is 3. The van der Waals surface area contributed by atoms with E-state index in [1.807, 2.05) is 36.4 Å². The summed E-state index contributed by atoms with van der Waals surface area (Å²) in [6.45, 7) is 4.23. The Morgan fingerprint density at radius 2 is 1.90 bits per heavy atom. The van der Waals surface area contributed by atoms with Crippen LogP contribution in [0.4, 0.5) is 0 Å². The molecule has 0 atom stereocenters. The summed E-state index contributed by atoms with van der Waals surface area (Å²) in [7, 11) is 0. The van der Waals surface area contributed by atoms with Crippen LogP contribution in [0.3, 0.4) is 0 Å². The van der Waals surface area contributed by atoms with Crippen LogP contribution in [-0.2, 0) is 0 Å². The van der Waals surface area contributed by atoms with E-state index >= 15 is 0 Å². The fourth-order valence-electron chi connectivity index (χ4n) is 2.51. The van der Waals surface area contributed by atoms with Crippen molar-refractivity contribution in [2.45, 2.75) is 12.8 Å². The first-order valence-corrected chi connectivity index (χ1v) is 7.19. The predicted molar refractivity (Wildman–Crippen MR) is 79.7 cm³/mol. The normalized spacial score (nSPS) is 15.4. The summed E-state index contributed by atoms with van der Waals surface area (Å²) in [5, 5.41) is 0. The predicted octanol–water partition coefficient (Wildman–Crippen LogP) is 3.02. The molecule has 1 radical (unpaired) electrons. The zero-order chi connectivity index (χ0) is 13.6. The van der Waals surface area contributed by atoms with Crippen molar-refractivity contribution in [2.75, 3.05) is 26.2 Å². The van der Waals surface area contributed by atoms with Gasteiger partial charge in [0.15, 0.2) is 0 Å². The summed E-state index contributed by atoms with van der Waals surface area (Å²) >= 11 is 0. The number of nitrogens with zero attached hydrogens (tertiary/aromatic N) is 2. The van der Waals surface area contributed by atoms with Gasteiger partial charge >= 0.3 is 0 Å². The first kappa shape index (κ1) is 13.1. The Morgan fingerprint density at radius 1 is 1.10 bits per heavy atom. The highest BCUT2D eigenvalue weighted by Gasteiger charge is 2.10. The van der Waals surface area contributed by atoms with Crippen molar-refractivity contribution < 1.29 is 4.74 Å². The molecule has 2 heterocycles. The van der Waals surface area contributed by atoms with E-state index in [4.69, 9.17) is 4.74 Å². The van der Waals surface area contributed by atoms with Crippen molar-refractivity contribution in [1.82, 2.24) is 9.88 Å². The Kier molecular flexibility index (Phi) is 4.28. The fraction of sp³-hybridized carbons (Fsp3) is 0.353. The minimum Gasteiger partial charge on any atom is -0.492 e. The first-order chi connectivity index (χ1) is 9.92. The van der Waals surface area contributed by atoms with E-state index in [0.717, 1.165) is 30.2 Å². The van der Waals surface area contributed by atoms with Crippen LogP contribution >= 0.6 is 0 Å². The summed E-state index contributed by atoms with van der Waals surface area (Å²) < 4.78 is 5.79. The number of ether oxygens (including phenoxy) is 1. The number of rotatable bonds is 5. The molecule has 20 heavy (non-hydrogen) atoms. The number of aromatic nitrogens is 1. The zero-order valence-electron chi connectivity index (χ0n) is 11.6. The molecule has 3 heteroatoms. The maximum absolute atomic E-state index is 5.79. The van der Waals surface area contributed by atoms with E-state index in [1.54, 1.807) is 6.20 Å². The van der Waals surface area contributed by atoms with Crippen LogP contribution in [0.25, 0.3) is 11.3 Å². The van der Waals surface area contributed by atoms with E-state index in [9.17, 15) is 0 Å². The fourth-order valence-corrected chi connectivity index (χ4v) is 2.51. The standard InChI is InChI=1S/C17H19N2O/c1-2-10-18-17(5-1)15-6-8-16(9-7-15)20-14-13-19-11-3-4-12-19/h1,5-10H,3-4,11-14H2. The zero-order valence-corrected chi connectivity index (χ0v) is 11.6. The Hall–Kier alpha value is -1.87. The second-order valence-electron chi connectivity index (χ2n) is 5.07. The molecule has 0 spiro atoms. The Labute approximate surface area is 120 Å². The average molecular weight is 267 g/mol. The highest BCUT2D eigenvalue weighted by molar-refractivity contribution is 5.59. The molecular weight excluding hydrogens is 248 g/mol. The Bertz CT molecular complexity index is 518. The van der Waals surface area contributed by atoms with Gasteiger partial charge in [-0.3, -0.25) is 9.88 Å². The van der Waals surface area contributed by atoms with Crippen molar-refractivity contribution in [3.8, 4) is 17.0 Å². The summed E-state index contributed by atoms with van der Waals surface area (Å²) in [6, 6.07) is 14.9. The third-order valence-corrected chi connectivity index (χ3v) is 3.64. The molecule has 3 rings (SSSR count). The van der Waals surface area contributed by atoms with E-state index in [0.29, 0.717) is 0 Å². The topological polar surface area (TPSA) is 25.4 Å². The lowest BCUT2D eigenvalue weighted by molar-refractivity contribution is 0.238. The van der Waals surface area contributed by atoms with Crippen LogP contribution < -0.4 is 4.74 Å². The van der Waals surface area contributed by atoms with Gasteiger partial charge in [0.25, 0.3) is 0 Å². The molecule has 2 aromatic rings. The van der Waals surface area contributed by atoms with E-state index in [1.165, 1.54) is 25.9 Å². The summed E-state index contributed by atoms with van der Waals surface area (Å²) in [4.78, 5) is 6.75. The molecule has 1 fully saturated rings. The molecule has 103 valence electrons. The Morgan fingerprint density at radius 3 is 2.60 bits per heavy atom. The van der Waals surface area contributed by atoms with Gasteiger partial charge in [0.2, 0.25) is 0 Å². The van der Waals surface area contributed by atoms with E-state index in [-0.39, 0.29) is 0 Å². The third-order valence-electron chi connectivity index (χ3n) is 3.64. The van der Waals surface area contributed by atoms with Gasteiger partial charge in [-0.2, -0.15) is 0 Å². The number of pyridine rings is 1. The number of benzene rings is 1. The van der Waals surface area contributed by atoms with Gasteiger partial charge in [-0.15, -0.1) is 0 Å². The molecule has 0 bridgehead atoms. The van der Waals surface area contributed by atoms with Gasteiger partial charge in [0, 0.05) is 24.4 Å². The van der Waals surface area contributed by atoms with Gasteiger partial charge < -0.3 is 4.74 Å². The van der Waals surface area contributed by atoms with Gasteiger partial charge in [-0.25, -0.2) is 0 Å². The largest absolute Gasteiger partial charge is 0.492 e. The molecule has 1 aliphatic heterocycles. The lowest BCUT2D eigenvalue weighted by Gasteiger charge is -2.15. The molecule has 1 saturated heterocycles. The molecule has 0 aliphatic carbocycles. The van der Waals surface area contributed by atoms with Gasteiger partial charge in [0.05, 0.1) is 5.69 Å². The average Bonchev–Trinajstić information content (AvgIpc) is 3.02. The van der Waals surface area contributed by atoms with E-state index < -0.39 is 0 Å². The lowest BCUT2D eigenvalue weighted by atomic mass is 10.1. The van der Waals surface area contributed by atoms with Gasteiger partial charge in [-0.05, 0) is 56.3 Å². The van der Waals surface area contributed by atoms with Gasteiger partial charge in [0.1, 0.15) is 12.4 Å². The minimum atomic E-state index is 0.762. The quantitative estimate of drug-likeness (QED) is 0.832. The molecule has 0 unspecified atom stereocenters. The minimum absolute atomic E-state index is 0.762. The maximum atomic E-state index is 5.79. The monoisotopic (exact) mass is 267 g/mol.